The second-order valence-electron chi connectivity index (χ2n) is 6.28. The molecule has 1 amide bonds. The maximum atomic E-state index is 12.8. The topological polar surface area (TPSA) is 61.9 Å². The molecule has 0 aromatic carbocycles. The lowest BCUT2D eigenvalue weighted by atomic mass is 10.0. The van der Waals surface area contributed by atoms with E-state index in [4.69, 9.17) is 0 Å². The number of aromatic nitrogens is 3. The van der Waals surface area contributed by atoms with Crippen molar-refractivity contribution in [1.82, 2.24) is 20.1 Å². The maximum absolute atomic E-state index is 12.8. The molecule has 1 N–H and O–H groups in total. The molecule has 0 radical (unpaired) electrons. The summed E-state index contributed by atoms with van der Waals surface area (Å²) in [5.74, 6) is 0.687. The number of pyridine rings is 1. The molecule has 0 spiro atoms. The first-order valence-electron chi connectivity index (χ1n) is 7.76. The molecule has 3 rings (SSSR count). The average Bonchev–Trinajstić information content (AvgIpc) is 3.05. The van der Waals surface area contributed by atoms with Gasteiger partial charge in [-0.1, -0.05) is 13.0 Å². The number of carbonyl (C=O) groups excluding carboxylic acids is 1. The van der Waals surface area contributed by atoms with E-state index in [0.29, 0.717) is 12.3 Å². The van der Waals surface area contributed by atoms with Crippen LogP contribution in [0.3, 0.4) is 0 Å². The fraction of sp³-hybridized carbons (Fsp3) is 0.471. The Morgan fingerprint density at radius 2 is 2.27 bits per heavy atom. The average molecular weight is 298 g/mol. The van der Waals surface area contributed by atoms with Crippen LogP contribution in [0.4, 0.5) is 0 Å². The predicted molar refractivity (Wildman–Crippen MR) is 84.2 cm³/mol. The molecule has 1 saturated heterocycles. The van der Waals surface area contributed by atoms with Crippen molar-refractivity contribution >= 4 is 5.91 Å². The van der Waals surface area contributed by atoms with Crippen molar-refractivity contribution in [2.45, 2.75) is 39.7 Å². The van der Waals surface area contributed by atoms with E-state index in [1.807, 2.05) is 31.0 Å². The van der Waals surface area contributed by atoms with E-state index in [-0.39, 0.29) is 11.9 Å². The molecule has 2 unspecified atom stereocenters. The molecule has 1 aliphatic heterocycles. The number of hydrogen-bond donors (Lipinski definition) is 1. The van der Waals surface area contributed by atoms with Gasteiger partial charge in [0, 0.05) is 30.2 Å². The lowest BCUT2D eigenvalue weighted by molar-refractivity contribution is -0.131. The first-order chi connectivity index (χ1) is 10.6. The molecule has 5 nitrogen and oxygen atoms in total. The van der Waals surface area contributed by atoms with Gasteiger partial charge in [0.25, 0.3) is 0 Å². The maximum Gasteiger partial charge on any atom is 0.227 e. The van der Waals surface area contributed by atoms with Crippen molar-refractivity contribution in [1.29, 1.82) is 0 Å². The first-order valence-corrected chi connectivity index (χ1v) is 7.76. The Kier molecular flexibility index (Phi) is 3.96. The molecule has 3 heterocycles. The Hall–Kier alpha value is -2.17. The van der Waals surface area contributed by atoms with Crippen LogP contribution in [0.15, 0.2) is 24.5 Å². The molecular weight excluding hydrogens is 276 g/mol. The van der Waals surface area contributed by atoms with Gasteiger partial charge in [-0.05, 0) is 37.8 Å². The Balaban J connectivity index is 1.81. The van der Waals surface area contributed by atoms with Gasteiger partial charge in [-0.2, -0.15) is 5.10 Å². The van der Waals surface area contributed by atoms with Crippen molar-refractivity contribution in [3.63, 3.8) is 0 Å². The van der Waals surface area contributed by atoms with Crippen molar-refractivity contribution in [2.75, 3.05) is 6.54 Å². The summed E-state index contributed by atoms with van der Waals surface area (Å²) >= 11 is 0. The van der Waals surface area contributed by atoms with Crippen LogP contribution in [-0.4, -0.2) is 32.5 Å². The number of aromatic amines is 1. The quantitative estimate of drug-likeness (QED) is 0.947. The highest BCUT2D eigenvalue weighted by Gasteiger charge is 2.34. The van der Waals surface area contributed by atoms with Crippen LogP contribution in [-0.2, 0) is 11.2 Å². The second kappa shape index (κ2) is 5.91. The molecule has 0 bridgehead atoms. The lowest BCUT2D eigenvalue weighted by Gasteiger charge is -2.25. The van der Waals surface area contributed by atoms with Crippen LogP contribution in [0.25, 0.3) is 0 Å². The zero-order valence-electron chi connectivity index (χ0n) is 13.3. The third-order valence-electron chi connectivity index (χ3n) is 4.51. The summed E-state index contributed by atoms with van der Waals surface area (Å²) in [4.78, 5) is 19.0. The molecule has 2 atom stereocenters. The highest BCUT2D eigenvalue weighted by molar-refractivity contribution is 5.80. The minimum atomic E-state index is 0.142. The van der Waals surface area contributed by atoms with Crippen molar-refractivity contribution in [3.05, 3.63) is 47.0 Å². The van der Waals surface area contributed by atoms with Gasteiger partial charge < -0.3 is 4.90 Å². The zero-order chi connectivity index (χ0) is 15.7. The van der Waals surface area contributed by atoms with E-state index >= 15 is 0 Å². The van der Waals surface area contributed by atoms with E-state index in [1.165, 1.54) is 0 Å². The van der Waals surface area contributed by atoms with Gasteiger partial charge in [-0.3, -0.25) is 14.9 Å². The van der Waals surface area contributed by atoms with Crippen molar-refractivity contribution in [2.24, 2.45) is 5.92 Å². The number of likely N-dealkylation sites (tertiary alicyclic amines) is 1. The van der Waals surface area contributed by atoms with E-state index in [0.717, 1.165) is 35.5 Å². The van der Waals surface area contributed by atoms with Crippen molar-refractivity contribution in [3.8, 4) is 0 Å². The number of carbonyl (C=O) groups is 1. The summed E-state index contributed by atoms with van der Waals surface area (Å²) in [5, 5.41) is 7.14. The number of H-pyrrole nitrogens is 1. The minimum absolute atomic E-state index is 0.142. The standard InChI is InChI=1S/C17H22N4O/c1-11-7-16(14-5-4-6-18-9-14)21(10-11)17(22)8-15-12(2)19-20-13(15)3/h4-6,9,11,16H,7-8,10H2,1-3H3,(H,19,20). The molecule has 0 aliphatic carbocycles. The summed E-state index contributed by atoms with van der Waals surface area (Å²) in [7, 11) is 0. The van der Waals surface area contributed by atoms with Crippen LogP contribution < -0.4 is 0 Å². The number of nitrogens with one attached hydrogen (secondary N) is 1. The van der Waals surface area contributed by atoms with Crippen LogP contribution in [0.5, 0.6) is 0 Å². The largest absolute Gasteiger partial charge is 0.335 e. The van der Waals surface area contributed by atoms with Gasteiger partial charge in [0.1, 0.15) is 0 Å². The number of aryl methyl sites for hydroxylation is 2. The summed E-state index contributed by atoms with van der Waals surface area (Å²) in [6, 6.07) is 4.14. The normalized spacial score (nSPS) is 21.3. The number of nitrogens with zero attached hydrogens (tertiary/aromatic N) is 3. The molecule has 2 aromatic heterocycles. The number of rotatable bonds is 3. The van der Waals surface area contributed by atoms with Crippen LogP contribution in [0.1, 0.15) is 41.9 Å². The third-order valence-corrected chi connectivity index (χ3v) is 4.51. The van der Waals surface area contributed by atoms with E-state index < -0.39 is 0 Å². The molecule has 1 aliphatic rings. The fourth-order valence-corrected chi connectivity index (χ4v) is 3.30. The van der Waals surface area contributed by atoms with E-state index in [9.17, 15) is 4.79 Å². The van der Waals surface area contributed by atoms with Gasteiger partial charge in [-0.25, -0.2) is 0 Å². The smallest absolute Gasteiger partial charge is 0.227 e. The lowest BCUT2D eigenvalue weighted by Crippen LogP contribution is -2.32. The molecule has 116 valence electrons. The third kappa shape index (κ3) is 2.75. The SMILES string of the molecule is Cc1n[nH]c(C)c1CC(=O)N1CC(C)CC1c1cccnc1. The van der Waals surface area contributed by atoms with Crippen LogP contribution in [0.2, 0.25) is 0 Å². The number of amides is 1. The molecular formula is C17H22N4O. The Bertz CT molecular complexity index is 645. The molecule has 2 aromatic rings. The zero-order valence-corrected chi connectivity index (χ0v) is 13.3. The van der Waals surface area contributed by atoms with E-state index in [1.54, 1.807) is 6.20 Å². The summed E-state index contributed by atoms with van der Waals surface area (Å²) < 4.78 is 0. The van der Waals surface area contributed by atoms with Gasteiger partial charge in [0.2, 0.25) is 5.91 Å². The van der Waals surface area contributed by atoms with Gasteiger partial charge in [-0.15, -0.1) is 0 Å². The second-order valence-corrected chi connectivity index (χ2v) is 6.28. The predicted octanol–water partition coefficient (Wildman–Crippen LogP) is 2.57. The van der Waals surface area contributed by atoms with Crippen LogP contribution >= 0.6 is 0 Å². The monoisotopic (exact) mass is 298 g/mol. The summed E-state index contributed by atoms with van der Waals surface area (Å²) in [5.41, 5.74) is 4.04. The highest BCUT2D eigenvalue weighted by atomic mass is 16.2. The Labute approximate surface area is 130 Å². The summed E-state index contributed by atoms with van der Waals surface area (Å²) in [6.45, 7) is 6.92. The first kappa shape index (κ1) is 14.8. The fourth-order valence-electron chi connectivity index (χ4n) is 3.30. The van der Waals surface area contributed by atoms with Gasteiger partial charge in [0.15, 0.2) is 0 Å². The van der Waals surface area contributed by atoms with Crippen molar-refractivity contribution < 1.29 is 4.79 Å². The molecule has 22 heavy (non-hydrogen) atoms. The molecule has 5 heteroatoms. The Morgan fingerprint density at radius 1 is 1.45 bits per heavy atom. The number of hydrogen-bond acceptors (Lipinski definition) is 3. The minimum Gasteiger partial charge on any atom is -0.335 e. The molecule has 0 saturated carbocycles. The van der Waals surface area contributed by atoms with E-state index in [2.05, 4.69) is 28.2 Å². The van der Waals surface area contributed by atoms with Crippen LogP contribution in [0, 0.1) is 19.8 Å². The Morgan fingerprint density at radius 3 is 2.91 bits per heavy atom. The van der Waals surface area contributed by atoms with Gasteiger partial charge in [0.05, 0.1) is 18.2 Å². The van der Waals surface area contributed by atoms with Gasteiger partial charge >= 0.3 is 0 Å². The summed E-state index contributed by atoms with van der Waals surface area (Å²) in [6.07, 6.45) is 5.06. The highest BCUT2D eigenvalue weighted by Crippen LogP contribution is 2.35. The molecule has 1 fully saturated rings.